The van der Waals surface area contributed by atoms with Gasteiger partial charge in [-0.3, -0.25) is 0 Å². The fraction of sp³-hybridized carbons (Fsp3) is 0.556. The van der Waals surface area contributed by atoms with Gasteiger partial charge in [0.1, 0.15) is 14.2 Å². The Morgan fingerprint density at radius 2 is 2.17 bits per heavy atom. The molecule has 2 rings (SSSR count). The molecule has 0 N–H and O–H groups in total. The van der Waals surface area contributed by atoms with Gasteiger partial charge in [-0.25, -0.2) is 0 Å². The predicted octanol–water partition coefficient (Wildman–Crippen LogP) is 1.52. The van der Waals surface area contributed by atoms with Gasteiger partial charge < -0.3 is 9.15 Å². The molecule has 0 saturated carbocycles. The van der Waals surface area contributed by atoms with Crippen LogP contribution in [0.15, 0.2) is 16.7 Å². The summed E-state index contributed by atoms with van der Waals surface area (Å²) in [7, 11) is 0.981. The Hall–Kier alpha value is -0.703. The summed E-state index contributed by atoms with van der Waals surface area (Å²) in [6.45, 7) is 0. The molecule has 1 aromatic rings. The van der Waals surface area contributed by atoms with E-state index in [9.17, 15) is 0 Å². The van der Waals surface area contributed by atoms with Gasteiger partial charge in [0.15, 0.2) is 5.75 Å². The van der Waals surface area contributed by atoms with E-state index in [0.717, 1.165) is 5.75 Å². The molecule has 0 atom stereocenters. The Labute approximate surface area is 74.1 Å². The summed E-state index contributed by atoms with van der Waals surface area (Å²) < 4.78 is 10.7. The van der Waals surface area contributed by atoms with Crippen LogP contribution in [-0.4, -0.2) is 15.9 Å². The average Bonchev–Trinajstić information content (AvgIpc) is 2.74. The lowest BCUT2D eigenvalue weighted by molar-refractivity contribution is 0.413. The van der Waals surface area contributed by atoms with Crippen molar-refractivity contribution in [3.8, 4) is 5.75 Å². The third kappa shape index (κ3) is 1.29. The van der Waals surface area contributed by atoms with Gasteiger partial charge in [0.05, 0.1) is 13.4 Å². The fourth-order valence-electron chi connectivity index (χ4n) is 1.96. The fourth-order valence-corrected chi connectivity index (χ4v) is 5.23. The van der Waals surface area contributed by atoms with Crippen molar-refractivity contribution >= 4 is 14.2 Å². The molecule has 0 radical (unpaired) electrons. The second-order valence-electron chi connectivity index (χ2n) is 3.33. The Kier molecular flexibility index (Phi) is 2.21. The first kappa shape index (κ1) is 7.92. The van der Waals surface area contributed by atoms with E-state index in [0.29, 0.717) is 0 Å². The molecule has 2 heterocycles. The van der Waals surface area contributed by atoms with Gasteiger partial charge >= 0.3 is 0 Å². The van der Waals surface area contributed by atoms with E-state index < -0.39 is 8.80 Å². The highest BCUT2D eigenvalue weighted by molar-refractivity contribution is 6.73. The van der Waals surface area contributed by atoms with E-state index >= 15 is 0 Å². The van der Waals surface area contributed by atoms with Crippen LogP contribution in [0.1, 0.15) is 12.8 Å². The zero-order chi connectivity index (χ0) is 8.39. The monoisotopic (exact) mass is 182 g/mol. The summed E-state index contributed by atoms with van der Waals surface area (Å²) in [4.78, 5) is 0. The molecule has 2 nitrogen and oxygen atoms in total. The van der Waals surface area contributed by atoms with E-state index in [1.807, 2.05) is 6.07 Å². The van der Waals surface area contributed by atoms with Crippen molar-refractivity contribution in [2.45, 2.75) is 24.9 Å². The molecular weight excluding hydrogens is 168 g/mol. The maximum absolute atomic E-state index is 5.48. The molecule has 1 aliphatic rings. The molecule has 12 heavy (non-hydrogen) atoms. The molecule has 0 bridgehead atoms. The third-order valence-electron chi connectivity index (χ3n) is 2.60. The maximum Gasteiger partial charge on any atom is 0.154 e. The maximum atomic E-state index is 5.48. The van der Waals surface area contributed by atoms with Gasteiger partial charge in [0.2, 0.25) is 0 Å². The second-order valence-corrected chi connectivity index (χ2v) is 6.41. The van der Waals surface area contributed by atoms with Crippen molar-refractivity contribution in [1.82, 2.24) is 0 Å². The standard InChI is InChI=1S/C9H14O2Si/c1-10-8-4-5-11-9(8)12-6-2-3-7-12/h4-5,12H,2-3,6-7H2,1H3. The number of ether oxygens (including phenoxy) is 1. The Bertz CT molecular complexity index is 251. The number of furan rings is 1. The largest absolute Gasteiger partial charge is 0.494 e. The summed E-state index contributed by atoms with van der Waals surface area (Å²) in [6.07, 6.45) is 4.53. The Morgan fingerprint density at radius 3 is 2.83 bits per heavy atom. The molecule has 1 saturated heterocycles. The van der Waals surface area contributed by atoms with Gasteiger partial charge in [0.25, 0.3) is 0 Å². The van der Waals surface area contributed by atoms with Gasteiger partial charge in [-0.15, -0.1) is 0 Å². The lowest BCUT2D eigenvalue weighted by atomic mass is 10.4. The zero-order valence-electron chi connectivity index (χ0n) is 7.38. The molecule has 1 aromatic heterocycles. The number of methoxy groups -OCH3 is 1. The lowest BCUT2D eigenvalue weighted by Gasteiger charge is -2.05. The second kappa shape index (κ2) is 3.35. The average molecular weight is 182 g/mol. The van der Waals surface area contributed by atoms with Gasteiger partial charge in [-0.05, 0) is 0 Å². The van der Waals surface area contributed by atoms with Gasteiger partial charge in [-0.1, -0.05) is 24.9 Å². The van der Waals surface area contributed by atoms with Gasteiger partial charge in [-0.2, -0.15) is 0 Å². The molecule has 0 aromatic carbocycles. The third-order valence-corrected chi connectivity index (χ3v) is 5.98. The zero-order valence-corrected chi connectivity index (χ0v) is 8.53. The molecule has 1 aliphatic heterocycles. The van der Waals surface area contributed by atoms with Crippen molar-refractivity contribution in [3.05, 3.63) is 12.3 Å². The number of hydrogen-bond acceptors (Lipinski definition) is 2. The highest BCUT2D eigenvalue weighted by Gasteiger charge is 2.24. The molecule has 0 amide bonds. The molecule has 0 spiro atoms. The first-order valence-corrected chi connectivity index (χ1v) is 6.74. The molecule has 3 heteroatoms. The van der Waals surface area contributed by atoms with Crippen molar-refractivity contribution < 1.29 is 9.15 Å². The summed E-state index contributed by atoms with van der Waals surface area (Å²) in [5.41, 5.74) is 0. The summed E-state index contributed by atoms with van der Waals surface area (Å²) in [5, 5.41) is 1.19. The summed E-state index contributed by atoms with van der Waals surface area (Å²) in [5.74, 6) is 0.980. The highest BCUT2D eigenvalue weighted by Crippen LogP contribution is 2.22. The van der Waals surface area contributed by atoms with Crippen LogP contribution in [0.3, 0.4) is 0 Å². The van der Waals surface area contributed by atoms with E-state index in [4.69, 9.17) is 9.15 Å². The van der Waals surface area contributed by atoms with Crippen molar-refractivity contribution in [1.29, 1.82) is 0 Å². The van der Waals surface area contributed by atoms with Crippen molar-refractivity contribution in [3.63, 3.8) is 0 Å². The molecule has 0 unspecified atom stereocenters. The van der Waals surface area contributed by atoms with Crippen LogP contribution in [0.25, 0.3) is 0 Å². The van der Waals surface area contributed by atoms with Crippen LogP contribution >= 0.6 is 0 Å². The summed E-state index contributed by atoms with van der Waals surface area (Å²) >= 11 is 0. The minimum Gasteiger partial charge on any atom is -0.494 e. The van der Waals surface area contributed by atoms with Crippen LogP contribution < -0.4 is 10.1 Å². The first-order chi connectivity index (χ1) is 5.92. The minimum absolute atomic E-state index is 0.739. The quantitative estimate of drug-likeness (QED) is 0.647. The minimum atomic E-state index is -0.739. The van der Waals surface area contributed by atoms with E-state index in [2.05, 4.69) is 0 Å². The van der Waals surface area contributed by atoms with E-state index in [-0.39, 0.29) is 0 Å². The molecule has 1 fully saturated rings. The van der Waals surface area contributed by atoms with Crippen LogP contribution in [0, 0.1) is 0 Å². The van der Waals surface area contributed by atoms with Crippen LogP contribution in [0.4, 0.5) is 0 Å². The highest BCUT2D eigenvalue weighted by atomic mass is 28.3. The Morgan fingerprint density at radius 1 is 1.42 bits per heavy atom. The number of hydrogen-bond donors (Lipinski definition) is 0. The molecular formula is C9H14O2Si. The van der Waals surface area contributed by atoms with Crippen LogP contribution in [-0.2, 0) is 0 Å². The lowest BCUT2D eigenvalue weighted by Crippen LogP contribution is -2.25. The van der Waals surface area contributed by atoms with E-state index in [1.54, 1.807) is 13.4 Å². The smallest absolute Gasteiger partial charge is 0.154 e. The molecule has 66 valence electrons. The van der Waals surface area contributed by atoms with Crippen LogP contribution in [0.2, 0.25) is 12.1 Å². The normalized spacial score (nSPS) is 18.4. The van der Waals surface area contributed by atoms with Crippen molar-refractivity contribution in [2.24, 2.45) is 0 Å². The van der Waals surface area contributed by atoms with E-state index in [1.165, 1.54) is 30.3 Å². The summed E-state index contributed by atoms with van der Waals surface area (Å²) in [6, 6.07) is 4.72. The first-order valence-electron chi connectivity index (χ1n) is 4.53. The SMILES string of the molecule is COc1ccoc1[SiH]1CCCC1. The topological polar surface area (TPSA) is 22.4 Å². The Balaban J connectivity index is 2.19. The predicted molar refractivity (Wildman–Crippen MR) is 50.9 cm³/mol. The van der Waals surface area contributed by atoms with Gasteiger partial charge in [0, 0.05) is 6.07 Å². The number of rotatable bonds is 2. The molecule has 0 aliphatic carbocycles. The van der Waals surface area contributed by atoms with Crippen LogP contribution in [0.5, 0.6) is 5.75 Å². The van der Waals surface area contributed by atoms with Crippen molar-refractivity contribution in [2.75, 3.05) is 7.11 Å².